The van der Waals surface area contributed by atoms with E-state index in [-0.39, 0.29) is 30.1 Å². The van der Waals surface area contributed by atoms with Crippen LogP contribution >= 0.6 is 0 Å². The van der Waals surface area contributed by atoms with E-state index in [9.17, 15) is 50.8 Å². The molecule has 2 aliphatic heterocycles. The van der Waals surface area contributed by atoms with Gasteiger partial charge in [0.05, 0.1) is 19.8 Å². The van der Waals surface area contributed by atoms with E-state index in [4.69, 9.17) is 23.7 Å². The van der Waals surface area contributed by atoms with Crippen molar-refractivity contribution in [3.05, 3.63) is 41.5 Å². The molecule has 0 radical (unpaired) electrons. The highest BCUT2D eigenvalue weighted by atomic mass is 16.8. The summed E-state index contributed by atoms with van der Waals surface area (Å²) < 4.78 is 27.2. The topological polar surface area (TPSA) is 245 Å². The summed E-state index contributed by atoms with van der Waals surface area (Å²) in [4.78, 5) is 12.9. The number of aryl methyl sites for hydroxylation is 1. The maximum atomic E-state index is 12.9. The van der Waals surface area contributed by atoms with Gasteiger partial charge in [-0.2, -0.15) is 0 Å². The summed E-state index contributed by atoms with van der Waals surface area (Å²) >= 11 is 0. The molecule has 43 heavy (non-hydrogen) atoms. The fraction of sp³-hybridized carbons (Fsp3) is 0.536. The molecule has 2 fully saturated rings. The van der Waals surface area contributed by atoms with Crippen LogP contribution < -0.4 is 9.47 Å². The molecule has 0 amide bonds. The van der Waals surface area contributed by atoms with E-state index < -0.39 is 90.9 Å². The SMILES string of the molecule is COc1ccc(CCC(=O)c2c(O)cc(O[C@@H]3O[C@H](CO)[C@@H](O)[C@@H](O)[C@@H]3O[C@@H]3O[C@@H](C)[C@@H](O)[C@@H](O)[C@@H]3O)cc2O)cc1O. The molecule has 4 rings (SSSR count). The molecule has 10 atom stereocenters. The summed E-state index contributed by atoms with van der Waals surface area (Å²) in [6, 6.07) is 6.59. The number of phenols is 3. The Labute approximate surface area is 245 Å². The van der Waals surface area contributed by atoms with E-state index >= 15 is 0 Å². The second-order valence-electron chi connectivity index (χ2n) is 10.4. The number of hydrogen-bond acceptors (Lipinski definition) is 15. The van der Waals surface area contributed by atoms with Gasteiger partial charge in [0.15, 0.2) is 29.7 Å². The van der Waals surface area contributed by atoms with Crippen LogP contribution in [0.25, 0.3) is 0 Å². The molecule has 2 heterocycles. The Balaban J connectivity index is 1.51. The average molecular weight is 613 g/mol. The molecule has 15 nitrogen and oxygen atoms in total. The van der Waals surface area contributed by atoms with E-state index in [1.54, 1.807) is 6.07 Å². The highest BCUT2D eigenvalue weighted by molar-refractivity contribution is 6.01. The second kappa shape index (κ2) is 13.6. The van der Waals surface area contributed by atoms with Gasteiger partial charge in [0.1, 0.15) is 59.4 Å². The Bertz CT molecular complexity index is 1250. The fourth-order valence-corrected chi connectivity index (χ4v) is 4.93. The monoisotopic (exact) mass is 612 g/mol. The van der Waals surface area contributed by atoms with Crippen molar-refractivity contribution in [3.8, 4) is 28.7 Å². The lowest BCUT2D eigenvalue weighted by Gasteiger charge is -2.45. The van der Waals surface area contributed by atoms with Crippen LogP contribution in [0.5, 0.6) is 28.7 Å². The minimum absolute atomic E-state index is 0.110. The number of benzene rings is 2. The zero-order valence-electron chi connectivity index (χ0n) is 23.3. The van der Waals surface area contributed by atoms with Gasteiger partial charge in [0, 0.05) is 18.6 Å². The Morgan fingerprint density at radius 3 is 2.12 bits per heavy atom. The number of aliphatic hydroxyl groups is 6. The van der Waals surface area contributed by atoms with Gasteiger partial charge >= 0.3 is 0 Å². The van der Waals surface area contributed by atoms with Crippen LogP contribution in [0.3, 0.4) is 0 Å². The molecule has 0 spiro atoms. The highest BCUT2D eigenvalue weighted by Gasteiger charge is 2.51. The van der Waals surface area contributed by atoms with Crippen LogP contribution in [-0.4, -0.2) is 127 Å². The first-order valence-corrected chi connectivity index (χ1v) is 13.5. The zero-order valence-corrected chi connectivity index (χ0v) is 23.3. The number of methoxy groups -OCH3 is 1. The Hall–Kier alpha value is -3.25. The predicted molar refractivity (Wildman–Crippen MR) is 143 cm³/mol. The molecular formula is C28H36O15. The third kappa shape index (κ3) is 6.95. The Morgan fingerprint density at radius 2 is 1.51 bits per heavy atom. The molecule has 2 aromatic carbocycles. The summed E-state index contributed by atoms with van der Waals surface area (Å²) in [6.07, 6.45) is -15.5. The summed E-state index contributed by atoms with van der Waals surface area (Å²) in [6.45, 7) is 0.662. The van der Waals surface area contributed by atoms with Crippen LogP contribution in [-0.2, 0) is 20.6 Å². The number of ether oxygens (including phenoxy) is 5. The standard InChI is InChI=1S/C28H36O15/c1-11-21(34)23(36)25(38)27(40-11)43-26-24(37)22(35)19(10-29)42-28(26)41-13-8-16(32)20(17(33)9-13)14(30)5-3-12-4-6-18(39-2)15(31)7-12/h4,6-9,11,19,21-29,31-38H,3,5,10H2,1-2H3/t11-,19+,21+,22+,23+,24+,25-,26-,27-,28+/m0/s1. The maximum Gasteiger partial charge on any atom is 0.229 e. The lowest BCUT2D eigenvalue weighted by atomic mass is 9.97. The molecule has 2 aliphatic rings. The van der Waals surface area contributed by atoms with E-state index in [0.717, 1.165) is 12.1 Å². The van der Waals surface area contributed by atoms with Gasteiger partial charge in [-0.05, 0) is 31.0 Å². The van der Waals surface area contributed by atoms with Crippen molar-refractivity contribution in [1.82, 2.24) is 0 Å². The lowest BCUT2D eigenvalue weighted by Crippen LogP contribution is -2.64. The van der Waals surface area contributed by atoms with Gasteiger partial charge in [-0.1, -0.05) is 6.07 Å². The molecule has 0 saturated carbocycles. The van der Waals surface area contributed by atoms with Crippen molar-refractivity contribution >= 4 is 5.78 Å². The van der Waals surface area contributed by atoms with Crippen molar-refractivity contribution in [2.75, 3.05) is 13.7 Å². The Kier molecular flexibility index (Phi) is 10.3. The number of hydrogen-bond donors (Lipinski definition) is 9. The molecule has 0 unspecified atom stereocenters. The molecule has 2 aromatic rings. The number of Topliss-reactive ketones (excluding diaryl/α,β-unsaturated/α-hetero) is 1. The normalized spacial score (nSPS) is 32.7. The van der Waals surface area contributed by atoms with E-state index in [1.807, 2.05) is 0 Å². The third-order valence-electron chi connectivity index (χ3n) is 7.41. The smallest absolute Gasteiger partial charge is 0.229 e. The summed E-state index contributed by atoms with van der Waals surface area (Å²) in [5, 5.41) is 92.3. The first kappa shape index (κ1) is 32.7. The molecule has 15 heteroatoms. The van der Waals surface area contributed by atoms with Gasteiger partial charge in [-0.15, -0.1) is 0 Å². The number of phenolic OH excluding ortho intramolecular Hbond substituents is 3. The van der Waals surface area contributed by atoms with Crippen LogP contribution in [0.4, 0.5) is 0 Å². The molecule has 2 saturated heterocycles. The lowest BCUT2D eigenvalue weighted by molar-refractivity contribution is -0.354. The number of carbonyl (C=O) groups excluding carboxylic acids is 1. The van der Waals surface area contributed by atoms with Crippen molar-refractivity contribution in [2.24, 2.45) is 0 Å². The van der Waals surface area contributed by atoms with Gasteiger partial charge in [-0.3, -0.25) is 4.79 Å². The number of ketones is 1. The van der Waals surface area contributed by atoms with Gasteiger partial charge in [0.2, 0.25) is 6.29 Å². The van der Waals surface area contributed by atoms with Gasteiger partial charge < -0.3 is 69.6 Å². The number of carbonyl (C=O) groups is 1. The minimum atomic E-state index is -1.79. The van der Waals surface area contributed by atoms with Crippen molar-refractivity contribution in [1.29, 1.82) is 0 Å². The van der Waals surface area contributed by atoms with Crippen LogP contribution in [0.2, 0.25) is 0 Å². The highest BCUT2D eigenvalue weighted by Crippen LogP contribution is 2.37. The molecule has 9 N–H and O–H groups in total. The largest absolute Gasteiger partial charge is 0.507 e. The number of aromatic hydroxyl groups is 3. The van der Waals surface area contributed by atoms with Crippen LogP contribution in [0.1, 0.15) is 29.3 Å². The predicted octanol–water partition coefficient (Wildman–Crippen LogP) is -1.34. The fourth-order valence-electron chi connectivity index (χ4n) is 4.93. The summed E-state index contributed by atoms with van der Waals surface area (Å²) in [5.41, 5.74) is 0.208. The van der Waals surface area contributed by atoms with E-state index in [1.165, 1.54) is 26.2 Å². The van der Waals surface area contributed by atoms with Crippen LogP contribution in [0, 0.1) is 0 Å². The minimum Gasteiger partial charge on any atom is -0.507 e. The summed E-state index contributed by atoms with van der Waals surface area (Å²) in [7, 11) is 1.40. The average Bonchev–Trinajstić information content (AvgIpc) is 2.96. The van der Waals surface area contributed by atoms with Crippen LogP contribution in [0.15, 0.2) is 30.3 Å². The molecular weight excluding hydrogens is 576 g/mol. The number of rotatable bonds is 10. The van der Waals surface area contributed by atoms with Gasteiger partial charge in [0.25, 0.3) is 0 Å². The van der Waals surface area contributed by atoms with Crippen molar-refractivity contribution < 1.29 is 74.4 Å². The van der Waals surface area contributed by atoms with Gasteiger partial charge in [-0.25, -0.2) is 0 Å². The summed E-state index contributed by atoms with van der Waals surface area (Å²) in [5.74, 6) is -2.04. The van der Waals surface area contributed by atoms with Crippen molar-refractivity contribution in [2.45, 2.75) is 81.2 Å². The molecule has 0 aliphatic carbocycles. The molecule has 0 bridgehead atoms. The quantitative estimate of drug-likeness (QED) is 0.141. The number of aliphatic hydroxyl groups excluding tert-OH is 6. The zero-order chi connectivity index (χ0) is 31.6. The molecule has 238 valence electrons. The van der Waals surface area contributed by atoms with E-state index in [2.05, 4.69) is 0 Å². The van der Waals surface area contributed by atoms with Crippen molar-refractivity contribution in [3.63, 3.8) is 0 Å². The first-order valence-electron chi connectivity index (χ1n) is 13.5. The Morgan fingerprint density at radius 1 is 0.837 bits per heavy atom. The second-order valence-corrected chi connectivity index (χ2v) is 10.4. The van der Waals surface area contributed by atoms with E-state index in [0.29, 0.717) is 5.56 Å². The third-order valence-corrected chi connectivity index (χ3v) is 7.41. The first-order chi connectivity index (χ1) is 20.4. The maximum absolute atomic E-state index is 12.9. The molecule has 0 aromatic heterocycles.